The molecule has 0 N–H and O–H groups in total. The van der Waals surface area contributed by atoms with Crippen LogP contribution in [0.2, 0.25) is 0 Å². The van der Waals surface area contributed by atoms with Gasteiger partial charge in [0.1, 0.15) is 0 Å². The second-order valence-electron chi connectivity index (χ2n) is 5.79. The van der Waals surface area contributed by atoms with Gasteiger partial charge >= 0.3 is 0 Å². The van der Waals surface area contributed by atoms with Crippen molar-refractivity contribution in [3.63, 3.8) is 0 Å². The lowest BCUT2D eigenvalue weighted by Gasteiger charge is -2.25. The quantitative estimate of drug-likeness (QED) is 0.511. The zero-order chi connectivity index (χ0) is 9.76. The lowest BCUT2D eigenvalue weighted by molar-refractivity contribution is 0.276. The molecule has 14 heavy (non-hydrogen) atoms. The number of fused-ring (bicyclic) bond motifs is 1. The smallest absolute Gasteiger partial charge is 0.0241 e. The van der Waals surface area contributed by atoms with Crippen molar-refractivity contribution in [2.24, 2.45) is 29.1 Å². The van der Waals surface area contributed by atoms with Gasteiger partial charge in [0.2, 0.25) is 0 Å². The Balaban J connectivity index is 1.76. The van der Waals surface area contributed by atoms with E-state index in [9.17, 15) is 0 Å². The summed E-state index contributed by atoms with van der Waals surface area (Å²) in [6, 6.07) is 0. The fourth-order valence-corrected chi connectivity index (χ4v) is 3.72. The van der Waals surface area contributed by atoms with E-state index in [1.54, 1.807) is 6.42 Å². The first-order chi connectivity index (χ1) is 6.76. The van der Waals surface area contributed by atoms with Crippen LogP contribution in [0.5, 0.6) is 0 Å². The minimum Gasteiger partial charge on any atom is -0.103 e. The summed E-state index contributed by atoms with van der Waals surface area (Å²) in [4.78, 5) is 0. The van der Waals surface area contributed by atoms with Gasteiger partial charge in [0.15, 0.2) is 0 Å². The Hall–Kier alpha value is -0.440. The van der Waals surface area contributed by atoms with E-state index in [2.05, 4.69) is 25.7 Å². The fourth-order valence-electron chi connectivity index (χ4n) is 3.72. The highest BCUT2D eigenvalue weighted by atomic mass is 14.7. The van der Waals surface area contributed by atoms with Gasteiger partial charge in [-0.25, -0.2) is 0 Å². The van der Waals surface area contributed by atoms with Crippen molar-refractivity contribution in [2.45, 2.75) is 46.0 Å². The van der Waals surface area contributed by atoms with Crippen LogP contribution in [0, 0.1) is 40.9 Å². The molecule has 3 aliphatic carbocycles. The number of hydrogen-bond acceptors (Lipinski definition) is 0. The molecule has 4 unspecified atom stereocenters. The second kappa shape index (κ2) is 2.78. The third-order valence-electron chi connectivity index (χ3n) is 4.84. The molecule has 0 aliphatic heterocycles. The molecule has 0 aromatic heterocycles. The molecule has 3 saturated carbocycles. The average molecular weight is 188 g/mol. The molecule has 0 nitrogen and oxygen atoms in total. The first kappa shape index (κ1) is 8.84. The maximum atomic E-state index is 3.54. The minimum absolute atomic E-state index is 0.770. The van der Waals surface area contributed by atoms with Crippen LogP contribution in [0.15, 0.2) is 0 Å². The molecular weight excluding hydrogens is 168 g/mol. The highest BCUT2D eigenvalue weighted by Crippen LogP contribution is 2.69. The van der Waals surface area contributed by atoms with Crippen LogP contribution in [0.4, 0.5) is 0 Å². The first-order valence-corrected chi connectivity index (χ1v) is 6.24. The summed E-state index contributed by atoms with van der Waals surface area (Å²) in [6.07, 6.45) is 7.03. The van der Waals surface area contributed by atoms with Crippen LogP contribution >= 0.6 is 0 Å². The fraction of sp³-hybridized carbons (Fsp3) is 0.857. The summed E-state index contributed by atoms with van der Waals surface area (Å²) in [5.74, 6) is 10.7. The van der Waals surface area contributed by atoms with E-state index < -0.39 is 0 Å². The molecule has 0 heteroatoms. The highest BCUT2D eigenvalue weighted by molar-refractivity contribution is 5.19. The van der Waals surface area contributed by atoms with Crippen LogP contribution in [-0.2, 0) is 0 Å². The van der Waals surface area contributed by atoms with Gasteiger partial charge in [0, 0.05) is 12.3 Å². The van der Waals surface area contributed by atoms with Crippen molar-refractivity contribution >= 4 is 0 Å². The van der Waals surface area contributed by atoms with Crippen LogP contribution in [0.25, 0.3) is 0 Å². The molecule has 0 aromatic carbocycles. The summed E-state index contributed by atoms with van der Waals surface area (Å²) in [7, 11) is 0. The third-order valence-corrected chi connectivity index (χ3v) is 4.84. The maximum Gasteiger partial charge on any atom is 0.0241 e. The molecular formula is C14H20. The van der Waals surface area contributed by atoms with Crippen LogP contribution in [-0.4, -0.2) is 0 Å². The van der Waals surface area contributed by atoms with Gasteiger partial charge in [-0.2, -0.15) is 0 Å². The number of hydrogen-bond donors (Lipinski definition) is 0. The monoisotopic (exact) mass is 188 g/mol. The predicted molar refractivity (Wildman–Crippen MR) is 58.6 cm³/mol. The molecule has 0 radical (unpaired) electrons. The maximum absolute atomic E-state index is 3.54. The van der Waals surface area contributed by atoms with E-state index in [0.29, 0.717) is 0 Å². The summed E-state index contributed by atoms with van der Waals surface area (Å²) < 4.78 is 0. The Kier molecular flexibility index (Phi) is 1.76. The first-order valence-electron chi connectivity index (χ1n) is 6.24. The SMILES string of the molecule is CCC#CC1CC2(CC2)CC2C(C)C12. The van der Waals surface area contributed by atoms with E-state index in [1.165, 1.54) is 19.3 Å². The van der Waals surface area contributed by atoms with E-state index in [4.69, 9.17) is 0 Å². The molecule has 0 aromatic rings. The molecule has 76 valence electrons. The van der Waals surface area contributed by atoms with Crippen LogP contribution in [0.1, 0.15) is 46.0 Å². The van der Waals surface area contributed by atoms with Crippen LogP contribution in [0.3, 0.4) is 0 Å². The van der Waals surface area contributed by atoms with Gasteiger partial charge in [-0.1, -0.05) is 19.8 Å². The zero-order valence-corrected chi connectivity index (χ0v) is 9.34. The van der Waals surface area contributed by atoms with Gasteiger partial charge in [-0.3, -0.25) is 0 Å². The van der Waals surface area contributed by atoms with Crippen LogP contribution < -0.4 is 0 Å². The van der Waals surface area contributed by atoms with Gasteiger partial charge in [-0.05, 0) is 48.9 Å². The zero-order valence-electron chi connectivity index (χ0n) is 9.34. The lowest BCUT2D eigenvalue weighted by Crippen LogP contribution is -2.17. The largest absolute Gasteiger partial charge is 0.103 e. The molecule has 0 heterocycles. The molecule has 1 spiro atoms. The van der Waals surface area contributed by atoms with Gasteiger partial charge in [0.25, 0.3) is 0 Å². The van der Waals surface area contributed by atoms with E-state index in [1.807, 2.05) is 0 Å². The van der Waals surface area contributed by atoms with Crippen molar-refractivity contribution in [3.8, 4) is 11.8 Å². The van der Waals surface area contributed by atoms with Crippen molar-refractivity contribution < 1.29 is 0 Å². The van der Waals surface area contributed by atoms with E-state index in [0.717, 1.165) is 35.5 Å². The normalized spacial score (nSPS) is 46.4. The summed E-state index contributed by atoms with van der Waals surface area (Å²) in [5, 5.41) is 0. The Labute approximate surface area is 87.5 Å². The Morgan fingerprint density at radius 2 is 2.07 bits per heavy atom. The lowest BCUT2D eigenvalue weighted by atomic mass is 9.79. The van der Waals surface area contributed by atoms with Gasteiger partial charge < -0.3 is 0 Å². The summed E-state index contributed by atoms with van der Waals surface area (Å²) in [6.45, 7) is 4.61. The Morgan fingerprint density at radius 3 is 2.71 bits per heavy atom. The number of rotatable bonds is 0. The molecule has 0 bridgehead atoms. The summed E-state index contributed by atoms with van der Waals surface area (Å²) in [5.41, 5.74) is 0.791. The van der Waals surface area contributed by atoms with E-state index >= 15 is 0 Å². The van der Waals surface area contributed by atoms with Crippen molar-refractivity contribution in [1.82, 2.24) is 0 Å². The molecule has 0 saturated heterocycles. The Morgan fingerprint density at radius 1 is 1.29 bits per heavy atom. The molecule has 3 rings (SSSR count). The van der Waals surface area contributed by atoms with Crippen molar-refractivity contribution in [1.29, 1.82) is 0 Å². The highest BCUT2D eigenvalue weighted by Gasteiger charge is 2.61. The molecule has 0 amide bonds. The second-order valence-corrected chi connectivity index (χ2v) is 5.79. The predicted octanol–water partition coefficient (Wildman–Crippen LogP) is 3.47. The van der Waals surface area contributed by atoms with Crippen molar-refractivity contribution in [2.75, 3.05) is 0 Å². The molecule has 3 aliphatic rings. The standard InChI is InChI=1S/C14H20/c1-3-4-5-11-8-14(6-7-14)9-12-10(2)13(11)12/h10-13H,3,6-9H2,1-2H3. The minimum atomic E-state index is 0.770. The van der Waals surface area contributed by atoms with Gasteiger partial charge in [0.05, 0.1) is 0 Å². The average Bonchev–Trinajstić information content (AvgIpc) is 3.06. The molecule has 4 atom stereocenters. The topological polar surface area (TPSA) is 0 Å². The van der Waals surface area contributed by atoms with E-state index in [-0.39, 0.29) is 0 Å². The molecule has 3 fully saturated rings. The van der Waals surface area contributed by atoms with Crippen molar-refractivity contribution in [3.05, 3.63) is 0 Å². The third kappa shape index (κ3) is 1.22. The summed E-state index contributed by atoms with van der Waals surface area (Å²) >= 11 is 0. The Bertz CT molecular complexity index is 300. The van der Waals surface area contributed by atoms with Gasteiger partial charge in [-0.15, -0.1) is 5.92 Å².